The number of amides is 2. The summed E-state index contributed by atoms with van der Waals surface area (Å²) in [6.45, 7) is 6.67. The number of hydrogen-bond acceptors (Lipinski definition) is 4. The van der Waals surface area contributed by atoms with Crippen LogP contribution >= 0.6 is 11.8 Å². The number of benzene rings is 1. The van der Waals surface area contributed by atoms with Crippen LogP contribution in [0.25, 0.3) is 0 Å². The molecule has 1 heterocycles. The smallest absolute Gasteiger partial charge is 0.243 e. The van der Waals surface area contributed by atoms with Crippen LogP contribution in [0.4, 0.5) is 5.69 Å². The quantitative estimate of drug-likeness (QED) is 0.800. The molecule has 24 heavy (non-hydrogen) atoms. The summed E-state index contributed by atoms with van der Waals surface area (Å²) in [6.07, 6.45) is 1.21. The lowest BCUT2D eigenvalue weighted by Gasteiger charge is -2.26. The molecular formula is C18H27N3O2S. The predicted octanol–water partition coefficient (Wildman–Crippen LogP) is 2.27. The van der Waals surface area contributed by atoms with Crippen molar-refractivity contribution in [2.24, 2.45) is 5.41 Å². The fourth-order valence-corrected chi connectivity index (χ4v) is 3.77. The van der Waals surface area contributed by atoms with Gasteiger partial charge in [0.05, 0.1) is 5.88 Å². The van der Waals surface area contributed by atoms with Gasteiger partial charge in [-0.3, -0.25) is 9.59 Å². The first-order valence-electron chi connectivity index (χ1n) is 8.25. The first-order valence-corrected chi connectivity index (χ1v) is 9.41. The highest BCUT2D eigenvalue weighted by molar-refractivity contribution is 7.99. The Balaban J connectivity index is 1.84. The number of thioether (sulfide) groups is 1. The van der Waals surface area contributed by atoms with Gasteiger partial charge in [0.1, 0.15) is 6.04 Å². The van der Waals surface area contributed by atoms with Crippen molar-refractivity contribution in [3.63, 3.8) is 0 Å². The number of nitrogens with zero attached hydrogens (tertiary/aromatic N) is 1. The predicted molar refractivity (Wildman–Crippen MR) is 99.6 cm³/mol. The number of hydrogen-bond donors (Lipinski definition) is 2. The van der Waals surface area contributed by atoms with Crippen LogP contribution in [0.2, 0.25) is 0 Å². The summed E-state index contributed by atoms with van der Waals surface area (Å²) >= 11 is 1.63. The topological polar surface area (TPSA) is 75.4 Å². The zero-order valence-electron chi connectivity index (χ0n) is 14.7. The van der Waals surface area contributed by atoms with Crippen LogP contribution in [0.5, 0.6) is 0 Å². The summed E-state index contributed by atoms with van der Waals surface area (Å²) in [5, 5.41) is 2.96. The molecule has 1 aromatic carbocycles. The Bertz CT molecular complexity index is 581. The van der Waals surface area contributed by atoms with Gasteiger partial charge in [0.15, 0.2) is 0 Å². The summed E-state index contributed by atoms with van der Waals surface area (Å²) in [4.78, 5) is 26.6. The SMILES string of the molecule is CC(C)(C)CC(=O)N1CSCC1C(=O)NCCc1ccc(N)cc1. The van der Waals surface area contributed by atoms with Crippen LogP contribution in [-0.4, -0.2) is 40.9 Å². The normalized spacial score (nSPS) is 17.8. The molecule has 1 aliphatic heterocycles. The summed E-state index contributed by atoms with van der Waals surface area (Å²) in [6, 6.07) is 7.30. The second-order valence-electron chi connectivity index (χ2n) is 7.40. The third-order valence-corrected chi connectivity index (χ3v) is 4.89. The Hall–Kier alpha value is -1.69. The van der Waals surface area contributed by atoms with Crippen molar-refractivity contribution < 1.29 is 9.59 Å². The number of carbonyl (C=O) groups is 2. The van der Waals surface area contributed by atoms with Gasteiger partial charge in [-0.05, 0) is 29.5 Å². The minimum Gasteiger partial charge on any atom is -0.399 e. The Kier molecular flexibility index (Phi) is 6.15. The molecule has 2 amide bonds. The fraction of sp³-hybridized carbons (Fsp3) is 0.556. The maximum absolute atomic E-state index is 12.4. The van der Waals surface area contributed by atoms with Crippen LogP contribution < -0.4 is 11.1 Å². The largest absolute Gasteiger partial charge is 0.399 e. The molecule has 1 aliphatic rings. The molecule has 3 N–H and O–H groups in total. The lowest BCUT2D eigenvalue weighted by atomic mass is 9.91. The van der Waals surface area contributed by atoms with E-state index in [2.05, 4.69) is 5.32 Å². The maximum atomic E-state index is 12.4. The summed E-state index contributed by atoms with van der Waals surface area (Å²) in [7, 11) is 0. The third-order valence-electron chi connectivity index (χ3n) is 3.88. The van der Waals surface area contributed by atoms with Gasteiger partial charge in [0.25, 0.3) is 0 Å². The molecule has 1 saturated heterocycles. The van der Waals surface area contributed by atoms with Crippen LogP contribution in [0.1, 0.15) is 32.8 Å². The average molecular weight is 350 g/mol. The van der Waals surface area contributed by atoms with Gasteiger partial charge < -0.3 is 16.0 Å². The maximum Gasteiger partial charge on any atom is 0.243 e. The highest BCUT2D eigenvalue weighted by Crippen LogP contribution is 2.26. The Labute approximate surface area is 148 Å². The molecule has 1 fully saturated rings. The minimum atomic E-state index is -0.351. The van der Waals surface area contributed by atoms with Crippen LogP contribution in [0.3, 0.4) is 0 Å². The van der Waals surface area contributed by atoms with Crippen molar-refractivity contribution in [1.82, 2.24) is 10.2 Å². The summed E-state index contributed by atoms with van der Waals surface area (Å²) in [5.74, 6) is 1.28. The van der Waals surface area contributed by atoms with E-state index >= 15 is 0 Å². The van der Waals surface area contributed by atoms with E-state index in [1.54, 1.807) is 16.7 Å². The average Bonchev–Trinajstić information content (AvgIpc) is 2.97. The molecule has 0 radical (unpaired) electrons. The second kappa shape index (κ2) is 7.92. The molecule has 5 nitrogen and oxygen atoms in total. The zero-order valence-corrected chi connectivity index (χ0v) is 15.5. The summed E-state index contributed by atoms with van der Waals surface area (Å²) in [5.41, 5.74) is 7.46. The molecule has 1 unspecified atom stereocenters. The number of nitrogens with two attached hydrogens (primary N) is 1. The van der Waals surface area contributed by atoms with Crippen molar-refractivity contribution in [3.05, 3.63) is 29.8 Å². The van der Waals surface area contributed by atoms with Gasteiger partial charge in [0.2, 0.25) is 11.8 Å². The van der Waals surface area contributed by atoms with Crippen molar-refractivity contribution in [3.8, 4) is 0 Å². The molecule has 0 aromatic heterocycles. The monoisotopic (exact) mass is 349 g/mol. The first-order chi connectivity index (χ1) is 11.3. The number of anilines is 1. The standard InChI is InChI=1S/C18H27N3O2S/c1-18(2,3)10-16(22)21-12-24-11-15(21)17(23)20-9-8-13-4-6-14(19)7-5-13/h4-7,15H,8-12,19H2,1-3H3,(H,20,23). The lowest BCUT2D eigenvalue weighted by Crippen LogP contribution is -2.48. The first kappa shape index (κ1) is 18.6. The highest BCUT2D eigenvalue weighted by atomic mass is 32.2. The van der Waals surface area contributed by atoms with Gasteiger partial charge in [-0.1, -0.05) is 32.9 Å². The number of nitrogens with one attached hydrogen (secondary N) is 1. The molecule has 0 bridgehead atoms. The molecule has 0 saturated carbocycles. The van der Waals surface area contributed by atoms with E-state index in [9.17, 15) is 9.59 Å². The third kappa shape index (κ3) is 5.44. The van der Waals surface area contributed by atoms with Gasteiger partial charge in [-0.15, -0.1) is 11.8 Å². The van der Waals surface area contributed by atoms with E-state index in [4.69, 9.17) is 5.73 Å². The molecule has 0 aliphatic carbocycles. The van der Waals surface area contributed by atoms with Crippen molar-refractivity contribution in [2.45, 2.75) is 39.7 Å². The van der Waals surface area contributed by atoms with E-state index in [1.807, 2.05) is 45.0 Å². The fourth-order valence-electron chi connectivity index (χ4n) is 2.59. The van der Waals surface area contributed by atoms with Crippen LogP contribution in [0.15, 0.2) is 24.3 Å². The van der Waals surface area contributed by atoms with Gasteiger partial charge in [-0.2, -0.15) is 0 Å². The van der Waals surface area contributed by atoms with Gasteiger partial charge >= 0.3 is 0 Å². The Morgan fingerprint density at radius 3 is 2.58 bits per heavy atom. The molecule has 1 atom stereocenters. The number of carbonyl (C=O) groups excluding carboxylic acids is 2. The van der Waals surface area contributed by atoms with Crippen molar-refractivity contribution in [2.75, 3.05) is 23.9 Å². The van der Waals surface area contributed by atoms with Gasteiger partial charge in [0, 0.05) is 24.4 Å². The van der Waals surface area contributed by atoms with Crippen LogP contribution in [-0.2, 0) is 16.0 Å². The van der Waals surface area contributed by atoms with E-state index in [-0.39, 0.29) is 23.3 Å². The lowest BCUT2D eigenvalue weighted by molar-refractivity contribution is -0.139. The van der Waals surface area contributed by atoms with E-state index < -0.39 is 0 Å². The minimum absolute atomic E-state index is 0.0577. The molecular weight excluding hydrogens is 322 g/mol. The Morgan fingerprint density at radius 1 is 1.29 bits per heavy atom. The zero-order chi connectivity index (χ0) is 17.7. The van der Waals surface area contributed by atoms with Gasteiger partial charge in [-0.25, -0.2) is 0 Å². The van der Waals surface area contributed by atoms with E-state index in [0.29, 0.717) is 24.6 Å². The number of rotatable bonds is 5. The van der Waals surface area contributed by atoms with E-state index in [0.717, 1.165) is 17.7 Å². The van der Waals surface area contributed by atoms with Crippen molar-refractivity contribution >= 4 is 29.3 Å². The van der Waals surface area contributed by atoms with Crippen molar-refractivity contribution in [1.29, 1.82) is 0 Å². The molecule has 132 valence electrons. The summed E-state index contributed by atoms with van der Waals surface area (Å²) < 4.78 is 0. The Morgan fingerprint density at radius 2 is 1.96 bits per heavy atom. The van der Waals surface area contributed by atoms with Crippen LogP contribution in [0, 0.1) is 5.41 Å². The molecule has 6 heteroatoms. The molecule has 1 aromatic rings. The number of nitrogen functional groups attached to an aromatic ring is 1. The highest BCUT2D eigenvalue weighted by Gasteiger charge is 2.35. The van der Waals surface area contributed by atoms with E-state index in [1.165, 1.54) is 0 Å². The molecule has 0 spiro atoms. The second-order valence-corrected chi connectivity index (χ2v) is 8.40. The molecule has 2 rings (SSSR count).